The lowest BCUT2D eigenvalue weighted by molar-refractivity contribution is 0.493. The molecule has 2 heteroatoms. The second-order valence-electron chi connectivity index (χ2n) is 5.37. The highest BCUT2D eigenvalue weighted by molar-refractivity contribution is 5.35. The van der Waals surface area contributed by atoms with E-state index in [1.807, 2.05) is 19.1 Å². The average Bonchev–Trinajstić information content (AvgIpc) is 3.09. The summed E-state index contributed by atoms with van der Waals surface area (Å²) in [5, 5.41) is 0. The van der Waals surface area contributed by atoms with Crippen LogP contribution in [0.3, 0.4) is 0 Å². The van der Waals surface area contributed by atoms with Crippen LogP contribution >= 0.6 is 0 Å². The van der Waals surface area contributed by atoms with Gasteiger partial charge in [-0.05, 0) is 43.0 Å². The Kier molecular flexibility index (Phi) is 2.75. The van der Waals surface area contributed by atoms with E-state index in [1.165, 1.54) is 24.0 Å². The molecule has 0 bridgehead atoms. The van der Waals surface area contributed by atoms with Gasteiger partial charge in [-0.2, -0.15) is 0 Å². The van der Waals surface area contributed by atoms with E-state index in [0.717, 1.165) is 24.5 Å². The van der Waals surface area contributed by atoms with Crippen molar-refractivity contribution in [2.75, 3.05) is 6.54 Å². The first-order valence-corrected chi connectivity index (χ1v) is 6.57. The van der Waals surface area contributed by atoms with Gasteiger partial charge in [-0.25, -0.2) is 0 Å². The van der Waals surface area contributed by atoms with Crippen molar-refractivity contribution in [3.8, 4) is 0 Å². The van der Waals surface area contributed by atoms with Gasteiger partial charge in [0.05, 0.1) is 0 Å². The summed E-state index contributed by atoms with van der Waals surface area (Å²) in [6.45, 7) is 2.74. The molecular formula is C16H19NO. The zero-order valence-corrected chi connectivity index (χ0v) is 10.8. The van der Waals surface area contributed by atoms with Crippen LogP contribution in [0.15, 0.2) is 40.8 Å². The quantitative estimate of drug-likeness (QED) is 0.893. The van der Waals surface area contributed by atoms with Crippen molar-refractivity contribution < 1.29 is 4.42 Å². The molecular weight excluding hydrogens is 222 g/mol. The van der Waals surface area contributed by atoms with Crippen molar-refractivity contribution in [1.29, 1.82) is 0 Å². The number of furan rings is 1. The van der Waals surface area contributed by atoms with Crippen molar-refractivity contribution in [2.24, 2.45) is 5.73 Å². The van der Waals surface area contributed by atoms with Crippen molar-refractivity contribution >= 4 is 0 Å². The van der Waals surface area contributed by atoms with Crippen LogP contribution in [0, 0.1) is 6.92 Å². The molecule has 0 amide bonds. The van der Waals surface area contributed by atoms with Crippen LogP contribution in [0.25, 0.3) is 0 Å². The van der Waals surface area contributed by atoms with Gasteiger partial charge in [0, 0.05) is 18.4 Å². The molecule has 1 fully saturated rings. The molecule has 0 atom stereocenters. The summed E-state index contributed by atoms with van der Waals surface area (Å²) in [5.74, 6) is 2.00. The summed E-state index contributed by atoms with van der Waals surface area (Å²) in [6.07, 6.45) is 3.34. The van der Waals surface area contributed by atoms with Crippen LogP contribution in [-0.2, 0) is 11.8 Å². The summed E-state index contributed by atoms with van der Waals surface area (Å²) in [7, 11) is 0. The molecule has 0 aliphatic heterocycles. The van der Waals surface area contributed by atoms with E-state index in [4.69, 9.17) is 10.2 Å². The standard InChI is InChI=1S/C16H19NO/c1-12-2-7-15(18-12)10-13-3-5-14(6-4-13)16(11-17)8-9-16/h2-7H,8-11,17H2,1H3. The molecule has 18 heavy (non-hydrogen) atoms. The van der Waals surface area contributed by atoms with Crippen LogP contribution in [-0.4, -0.2) is 6.54 Å². The summed E-state index contributed by atoms with van der Waals surface area (Å²) in [5.41, 5.74) is 8.83. The zero-order valence-electron chi connectivity index (χ0n) is 10.8. The van der Waals surface area contributed by atoms with Gasteiger partial charge < -0.3 is 10.2 Å². The summed E-state index contributed by atoms with van der Waals surface area (Å²) >= 11 is 0. The third kappa shape index (κ3) is 2.08. The lowest BCUT2D eigenvalue weighted by atomic mass is 9.94. The van der Waals surface area contributed by atoms with E-state index in [-0.39, 0.29) is 0 Å². The molecule has 1 aromatic carbocycles. The smallest absolute Gasteiger partial charge is 0.108 e. The maximum absolute atomic E-state index is 5.85. The minimum Gasteiger partial charge on any atom is -0.466 e. The minimum absolute atomic E-state index is 0.291. The molecule has 0 unspecified atom stereocenters. The fourth-order valence-corrected chi connectivity index (χ4v) is 2.52. The number of rotatable bonds is 4. The molecule has 1 heterocycles. The largest absolute Gasteiger partial charge is 0.466 e. The highest BCUT2D eigenvalue weighted by atomic mass is 16.3. The molecule has 0 saturated heterocycles. The highest BCUT2D eigenvalue weighted by Gasteiger charge is 2.42. The normalized spacial score (nSPS) is 16.8. The molecule has 1 saturated carbocycles. The van der Waals surface area contributed by atoms with Crippen LogP contribution in [0.2, 0.25) is 0 Å². The third-order valence-electron chi connectivity index (χ3n) is 3.98. The Morgan fingerprint density at radius 2 is 1.83 bits per heavy atom. The first kappa shape index (κ1) is 11.5. The van der Waals surface area contributed by atoms with Gasteiger partial charge in [-0.3, -0.25) is 0 Å². The van der Waals surface area contributed by atoms with Crippen molar-refractivity contribution in [2.45, 2.75) is 31.6 Å². The van der Waals surface area contributed by atoms with E-state index in [2.05, 4.69) is 24.3 Å². The van der Waals surface area contributed by atoms with E-state index in [9.17, 15) is 0 Å². The molecule has 0 spiro atoms. The van der Waals surface area contributed by atoms with Gasteiger partial charge in [-0.1, -0.05) is 24.3 Å². The maximum Gasteiger partial charge on any atom is 0.108 e. The average molecular weight is 241 g/mol. The Morgan fingerprint density at radius 1 is 1.11 bits per heavy atom. The van der Waals surface area contributed by atoms with Crippen molar-refractivity contribution in [3.63, 3.8) is 0 Å². The van der Waals surface area contributed by atoms with Gasteiger partial charge in [0.2, 0.25) is 0 Å². The molecule has 3 rings (SSSR count). The fraction of sp³-hybridized carbons (Fsp3) is 0.375. The van der Waals surface area contributed by atoms with E-state index >= 15 is 0 Å². The van der Waals surface area contributed by atoms with Gasteiger partial charge >= 0.3 is 0 Å². The Balaban J connectivity index is 1.75. The Labute approximate surface area is 108 Å². The number of nitrogens with two attached hydrogens (primary N) is 1. The second kappa shape index (κ2) is 4.29. The monoisotopic (exact) mass is 241 g/mol. The molecule has 0 radical (unpaired) electrons. The SMILES string of the molecule is Cc1ccc(Cc2ccc(C3(CN)CC3)cc2)o1. The van der Waals surface area contributed by atoms with Crippen molar-refractivity contribution in [1.82, 2.24) is 0 Å². The lowest BCUT2D eigenvalue weighted by Crippen LogP contribution is -2.19. The Morgan fingerprint density at radius 3 is 2.33 bits per heavy atom. The van der Waals surface area contributed by atoms with Gasteiger partial charge in [0.25, 0.3) is 0 Å². The topological polar surface area (TPSA) is 39.2 Å². The molecule has 1 aliphatic rings. The van der Waals surface area contributed by atoms with Gasteiger partial charge in [0.1, 0.15) is 11.5 Å². The van der Waals surface area contributed by atoms with Gasteiger partial charge in [0.15, 0.2) is 0 Å². The second-order valence-corrected chi connectivity index (χ2v) is 5.37. The Hall–Kier alpha value is -1.54. The minimum atomic E-state index is 0.291. The number of aryl methyl sites for hydroxylation is 1. The predicted octanol–water partition coefficient (Wildman–Crippen LogP) is 3.17. The maximum atomic E-state index is 5.85. The molecule has 2 aromatic rings. The molecule has 2 nitrogen and oxygen atoms in total. The molecule has 1 aromatic heterocycles. The first-order valence-electron chi connectivity index (χ1n) is 6.57. The Bertz CT molecular complexity index is 534. The highest BCUT2D eigenvalue weighted by Crippen LogP contribution is 2.47. The first-order chi connectivity index (χ1) is 8.72. The zero-order chi connectivity index (χ0) is 12.6. The number of hydrogen-bond acceptors (Lipinski definition) is 2. The van der Waals surface area contributed by atoms with E-state index in [0.29, 0.717) is 5.41 Å². The lowest BCUT2D eigenvalue weighted by Gasteiger charge is -2.13. The fourth-order valence-electron chi connectivity index (χ4n) is 2.52. The van der Waals surface area contributed by atoms with Crippen LogP contribution in [0.1, 0.15) is 35.5 Å². The molecule has 1 aliphatic carbocycles. The number of hydrogen-bond donors (Lipinski definition) is 1. The number of benzene rings is 1. The van der Waals surface area contributed by atoms with Crippen LogP contribution < -0.4 is 5.73 Å². The van der Waals surface area contributed by atoms with Crippen LogP contribution in [0.4, 0.5) is 0 Å². The summed E-state index contributed by atoms with van der Waals surface area (Å²) in [6, 6.07) is 12.9. The third-order valence-corrected chi connectivity index (χ3v) is 3.98. The van der Waals surface area contributed by atoms with E-state index < -0.39 is 0 Å². The van der Waals surface area contributed by atoms with Gasteiger partial charge in [-0.15, -0.1) is 0 Å². The molecule has 94 valence electrons. The van der Waals surface area contributed by atoms with Crippen molar-refractivity contribution in [3.05, 3.63) is 59.0 Å². The predicted molar refractivity (Wildman–Crippen MR) is 72.7 cm³/mol. The van der Waals surface area contributed by atoms with Crippen LogP contribution in [0.5, 0.6) is 0 Å². The molecule has 2 N–H and O–H groups in total. The van der Waals surface area contributed by atoms with E-state index in [1.54, 1.807) is 0 Å². The summed E-state index contributed by atoms with van der Waals surface area (Å²) in [4.78, 5) is 0. The summed E-state index contributed by atoms with van der Waals surface area (Å²) < 4.78 is 5.60.